The van der Waals surface area contributed by atoms with Gasteiger partial charge < -0.3 is 19.7 Å². The Bertz CT molecular complexity index is 586. The molecule has 5 nitrogen and oxygen atoms in total. The monoisotopic (exact) mass is 358 g/mol. The van der Waals surface area contributed by atoms with Gasteiger partial charge in [0, 0.05) is 31.3 Å². The standard InChI is InChI=1S/C21H30N2O3/c24-21(23-11-9-18(10-12-23)22-14-16-3-4-16)17-5-7-19(8-6-17)26-15-20-2-1-13-25-20/h5-8,16,18,20,22H,1-4,9-15H2. The van der Waals surface area contributed by atoms with Gasteiger partial charge in [0.25, 0.3) is 5.91 Å². The smallest absolute Gasteiger partial charge is 0.253 e. The second kappa shape index (κ2) is 8.40. The summed E-state index contributed by atoms with van der Waals surface area (Å²) in [6.45, 7) is 4.28. The number of likely N-dealkylation sites (tertiary alicyclic amines) is 1. The molecule has 3 aliphatic rings. The third-order valence-electron chi connectivity index (χ3n) is 5.74. The lowest BCUT2D eigenvalue weighted by molar-refractivity contribution is 0.0676. The third-order valence-corrected chi connectivity index (χ3v) is 5.74. The van der Waals surface area contributed by atoms with Gasteiger partial charge in [0.1, 0.15) is 12.4 Å². The summed E-state index contributed by atoms with van der Waals surface area (Å²) in [4.78, 5) is 14.7. The van der Waals surface area contributed by atoms with Crippen LogP contribution in [0.1, 0.15) is 48.9 Å². The van der Waals surface area contributed by atoms with Crippen molar-refractivity contribution in [1.82, 2.24) is 10.2 Å². The number of carbonyl (C=O) groups excluding carboxylic acids is 1. The van der Waals surface area contributed by atoms with E-state index in [2.05, 4.69) is 5.32 Å². The third kappa shape index (κ3) is 4.77. The van der Waals surface area contributed by atoms with E-state index in [-0.39, 0.29) is 12.0 Å². The van der Waals surface area contributed by atoms with Crippen LogP contribution in [0.3, 0.4) is 0 Å². The summed E-state index contributed by atoms with van der Waals surface area (Å²) < 4.78 is 11.3. The highest BCUT2D eigenvalue weighted by Crippen LogP contribution is 2.28. The molecule has 1 atom stereocenters. The van der Waals surface area contributed by atoms with Gasteiger partial charge >= 0.3 is 0 Å². The van der Waals surface area contributed by atoms with E-state index in [9.17, 15) is 4.79 Å². The van der Waals surface area contributed by atoms with Crippen molar-refractivity contribution < 1.29 is 14.3 Å². The molecule has 3 fully saturated rings. The number of piperidine rings is 1. The maximum Gasteiger partial charge on any atom is 0.253 e. The van der Waals surface area contributed by atoms with Crippen molar-refractivity contribution in [3.8, 4) is 5.75 Å². The number of nitrogens with one attached hydrogen (secondary N) is 1. The maximum atomic E-state index is 12.7. The zero-order valence-corrected chi connectivity index (χ0v) is 15.5. The molecule has 4 rings (SSSR count). The summed E-state index contributed by atoms with van der Waals surface area (Å²) >= 11 is 0. The lowest BCUT2D eigenvalue weighted by atomic mass is 10.0. The molecule has 2 saturated heterocycles. The first-order valence-electron chi connectivity index (χ1n) is 10.1. The molecule has 26 heavy (non-hydrogen) atoms. The van der Waals surface area contributed by atoms with Crippen LogP contribution in [0.15, 0.2) is 24.3 Å². The minimum absolute atomic E-state index is 0.135. The summed E-state index contributed by atoms with van der Waals surface area (Å²) in [6.07, 6.45) is 7.29. The molecule has 0 aromatic heterocycles. The van der Waals surface area contributed by atoms with Crippen LogP contribution >= 0.6 is 0 Å². The predicted octanol–water partition coefficient (Wildman–Crippen LogP) is 2.85. The molecule has 2 aliphatic heterocycles. The molecule has 0 spiro atoms. The molecule has 0 radical (unpaired) electrons. The Morgan fingerprint density at radius 2 is 1.88 bits per heavy atom. The molecule has 1 N–H and O–H groups in total. The maximum absolute atomic E-state index is 12.7. The van der Waals surface area contributed by atoms with E-state index in [4.69, 9.17) is 9.47 Å². The minimum atomic E-state index is 0.135. The van der Waals surface area contributed by atoms with Gasteiger partial charge in [-0.15, -0.1) is 0 Å². The fourth-order valence-corrected chi connectivity index (χ4v) is 3.78. The number of hydrogen-bond acceptors (Lipinski definition) is 4. The van der Waals surface area contributed by atoms with Gasteiger partial charge in [-0.2, -0.15) is 0 Å². The summed E-state index contributed by atoms with van der Waals surface area (Å²) in [5.41, 5.74) is 0.749. The molecule has 142 valence electrons. The highest BCUT2D eigenvalue weighted by Gasteiger charge is 2.26. The Kier molecular flexibility index (Phi) is 5.75. The fourth-order valence-electron chi connectivity index (χ4n) is 3.78. The molecular formula is C21H30N2O3. The number of hydrogen-bond donors (Lipinski definition) is 1. The summed E-state index contributed by atoms with van der Waals surface area (Å²) in [7, 11) is 0. The van der Waals surface area contributed by atoms with E-state index in [1.165, 1.54) is 12.8 Å². The summed E-state index contributed by atoms with van der Waals surface area (Å²) in [6, 6.07) is 8.13. The van der Waals surface area contributed by atoms with E-state index in [0.717, 1.165) is 69.2 Å². The molecule has 5 heteroatoms. The van der Waals surface area contributed by atoms with Crippen molar-refractivity contribution in [1.29, 1.82) is 0 Å². The van der Waals surface area contributed by atoms with Crippen LogP contribution in [0.25, 0.3) is 0 Å². The number of ether oxygens (including phenoxy) is 2. The number of amides is 1. The molecule has 0 bridgehead atoms. The van der Waals surface area contributed by atoms with Crippen LogP contribution in [-0.2, 0) is 4.74 Å². The largest absolute Gasteiger partial charge is 0.491 e. The topological polar surface area (TPSA) is 50.8 Å². The normalized spacial score (nSPS) is 24.0. The first kappa shape index (κ1) is 17.8. The van der Waals surface area contributed by atoms with Crippen LogP contribution < -0.4 is 10.1 Å². The van der Waals surface area contributed by atoms with Crippen molar-refractivity contribution >= 4 is 5.91 Å². The van der Waals surface area contributed by atoms with Gasteiger partial charge in [0.2, 0.25) is 0 Å². The fraction of sp³-hybridized carbons (Fsp3) is 0.667. The van der Waals surface area contributed by atoms with Gasteiger partial charge in [-0.1, -0.05) is 0 Å². The lowest BCUT2D eigenvalue weighted by Gasteiger charge is -2.32. The van der Waals surface area contributed by atoms with Crippen LogP contribution in [-0.4, -0.2) is 55.8 Å². The number of carbonyl (C=O) groups is 1. The quantitative estimate of drug-likeness (QED) is 0.814. The number of benzene rings is 1. The van der Waals surface area contributed by atoms with E-state index >= 15 is 0 Å². The first-order valence-corrected chi connectivity index (χ1v) is 10.1. The average Bonchev–Trinajstić information content (AvgIpc) is 3.38. The van der Waals surface area contributed by atoms with Gasteiger partial charge in [0.05, 0.1) is 6.10 Å². The minimum Gasteiger partial charge on any atom is -0.491 e. The van der Waals surface area contributed by atoms with E-state index in [1.54, 1.807) is 0 Å². The Hall–Kier alpha value is -1.59. The van der Waals surface area contributed by atoms with Crippen molar-refractivity contribution in [3.05, 3.63) is 29.8 Å². The van der Waals surface area contributed by atoms with Gasteiger partial charge in [-0.3, -0.25) is 4.79 Å². The Morgan fingerprint density at radius 1 is 1.12 bits per heavy atom. The van der Waals surface area contributed by atoms with Crippen molar-refractivity contribution in [2.75, 3.05) is 32.8 Å². The van der Waals surface area contributed by atoms with Crippen molar-refractivity contribution in [2.24, 2.45) is 5.92 Å². The van der Waals surface area contributed by atoms with Gasteiger partial charge in [-0.25, -0.2) is 0 Å². The number of nitrogens with zero attached hydrogens (tertiary/aromatic N) is 1. The van der Waals surface area contributed by atoms with Crippen LogP contribution in [0.5, 0.6) is 5.75 Å². The second-order valence-electron chi connectivity index (χ2n) is 7.89. The van der Waals surface area contributed by atoms with Gasteiger partial charge in [0.15, 0.2) is 0 Å². The summed E-state index contributed by atoms with van der Waals surface area (Å²) in [5, 5.41) is 3.66. The zero-order valence-electron chi connectivity index (χ0n) is 15.5. The second-order valence-corrected chi connectivity index (χ2v) is 7.89. The number of rotatable bonds is 7. The molecule has 1 saturated carbocycles. The van der Waals surface area contributed by atoms with Crippen LogP contribution in [0.4, 0.5) is 0 Å². The predicted molar refractivity (Wildman–Crippen MR) is 101 cm³/mol. The Labute approximate surface area is 156 Å². The van der Waals surface area contributed by atoms with Crippen molar-refractivity contribution in [3.63, 3.8) is 0 Å². The Balaban J connectivity index is 1.22. The molecule has 1 aliphatic carbocycles. The van der Waals surface area contributed by atoms with Gasteiger partial charge in [-0.05, 0) is 75.3 Å². The molecule has 1 aromatic rings. The van der Waals surface area contributed by atoms with Crippen LogP contribution in [0.2, 0.25) is 0 Å². The molecular weight excluding hydrogens is 328 g/mol. The first-order chi connectivity index (χ1) is 12.8. The van der Waals surface area contributed by atoms with E-state index in [1.807, 2.05) is 29.2 Å². The highest BCUT2D eigenvalue weighted by molar-refractivity contribution is 5.94. The zero-order chi connectivity index (χ0) is 17.8. The highest BCUT2D eigenvalue weighted by atomic mass is 16.5. The Morgan fingerprint density at radius 3 is 2.54 bits per heavy atom. The lowest BCUT2D eigenvalue weighted by Crippen LogP contribution is -2.45. The SMILES string of the molecule is O=C(c1ccc(OCC2CCCO2)cc1)N1CCC(NCC2CC2)CC1. The molecule has 1 amide bonds. The molecule has 1 unspecified atom stereocenters. The molecule has 1 aromatic carbocycles. The van der Waals surface area contributed by atoms with E-state index < -0.39 is 0 Å². The summed E-state index contributed by atoms with van der Waals surface area (Å²) in [5.74, 6) is 1.85. The van der Waals surface area contributed by atoms with Crippen LogP contribution in [0, 0.1) is 5.92 Å². The van der Waals surface area contributed by atoms with Crippen molar-refractivity contribution in [2.45, 2.75) is 50.7 Å². The van der Waals surface area contributed by atoms with E-state index in [0.29, 0.717) is 12.6 Å². The average molecular weight is 358 g/mol. The molecule has 2 heterocycles.